The average molecular weight is 81.1 g/mol. The first kappa shape index (κ1) is 9.75. The Morgan fingerprint density at radius 3 is 1.67 bits per heavy atom. The summed E-state index contributed by atoms with van der Waals surface area (Å²) in [5.41, 5.74) is 0. The van der Waals surface area contributed by atoms with Crippen LogP contribution >= 0.6 is 0 Å². The molecule has 0 radical (unpaired) electrons. The van der Waals surface area contributed by atoms with Gasteiger partial charge >= 0.3 is 18.9 Å². The van der Waals surface area contributed by atoms with Crippen molar-refractivity contribution in [2.75, 3.05) is 13.1 Å². The Bertz CT molecular complexity index is 19.2. The van der Waals surface area contributed by atoms with Gasteiger partial charge in [-0.15, -0.1) is 0 Å². The summed E-state index contributed by atoms with van der Waals surface area (Å²) in [6.45, 7) is 6.39. The van der Waals surface area contributed by atoms with E-state index in [2.05, 4.69) is 19.2 Å². The maximum atomic E-state index is 3.11. The van der Waals surface area contributed by atoms with Crippen LogP contribution in [0.5, 0.6) is 0 Å². The van der Waals surface area contributed by atoms with Gasteiger partial charge in [0.1, 0.15) is 0 Å². The van der Waals surface area contributed by atoms with Crippen LogP contribution in [0.25, 0.3) is 0 Å². The number of nitrogens with one attached hydrogen (secondary N) is 1. The second-order valence-corrected chi connectivity index (χ2v) is 0.957. The van der Waals surface area contributed by atoms with E-state index in [4.69, 9.17) is 0 Å². The predicted octanol–water partition coefficient (Wildman–Crippen LogP) is -2.27. The second kappa shape index (κ2) is 9.12. The van der Waals surface area contributed by atoms with E-state index in [0.29, 0.717) is 0 Å². The molecule has 0 atom stereocenters. The Kier molecular flexibility index (Phi) is 14.8. The maximum Gasteiger partial charge on any atom is 1.00 e. The summed E-state index contributed by atoms with van der Waals surface area (Å²) in [7, 11) is 0. The monoisotopic (exact) mass is 81.1 g/mol. The van der Waals surface area contributed by atoms with E-state index in [1.54, 1.807) is 0 Å². The van der Waals surface area contributed by atoms with Gasteiger partial charge in [0.2, 0.25) is 0 Å². The van der Waals surface area contributed by atoms with Crippen LogP contribution in [0.3, 0.4) is 0 Å². The Hall–Kier alpha value is 0.557. The first-order valence-electron chi connectivity index (χ1n) is 2.12. The Morgan fingerprint density at radius 1 is 1.33 bits per heavy atom. The molecular formula is C4H12LiN. The number of rotatable bonds is 2. The van der Waals surface area contributed by atoms with Gasteiger partial charge in [0.25, 0.3) is 0 Å². The molecule has 2 heteroatoms. The summed E-state index contributed by atoms with van der Waals surface area (Å²) in [6, 6.07) is 0. The van der Waals surface area contributed by atoms with Crippen LogP contribution < -0.4 is 24.2 Å². The average Bonchev–Trinajstić information content (AvgIpc) is 1.41. The molecule has 34 valence electrons. The van der Waals surface area contributed by atoms with Crippen LogP contribution in [0.1, 0.15) is 15.3 Å². The van der Waals surface area contributed by atoms with Gasteiger partial charge in [-0.1, -0.05) is 13.8 Å². The van der Waals surface area contributed by atoms with Crippen molar-refractivity contribution in [3.05, 3.63) is 0 Å². The molecule has 0 heterocycles. The van der Waals surface area contributed by atoms with Gasteiger partial charge in [0, 0.05) is 0 Å². The fourth-order valence-corrected chi connectivity index (χ4v) is 0.250. The molecule has 1 nitrogen and oxygen atoms in total. The van der Waals surface area contributed by atoms with E-state index in [0.717, 1.165) is 13.1 Å². The second-order valence-electron chi connectivity index (χ2n) is 0.957. The predicted molar refractivity (Wildman–Crippen MR) is 25.3 cm³/mol. The van der Waals surface area contributed by atoms with Crippen LogP contribution in [0.15, 0.2) is 0 Å². The summed E-state index contributed by atoms with van der Waals surface area (Å²) >= 11 is 0. The molecule has 0 aliphatic rings. The van der Waals surface area contributed by atoms with E-state index in [9.17, 15) is 0 Å². The zero-order chi connectivity index (χ0) is 4.12. The molecule has 0 aromatic rings. The maximum absolute atomic E-state index is 3.11. The van der Waals surface area contributed by atoms with E-state index in [1.807, 2.05) is 0 Å². The van der Waals surface area contributed by atoms with E-state index in [-0.39, 0.29) is 20.3 Å². The molecule has 0 aliphatic carbocycles. The molecule has 0 amide bonds. The van der Waals surface area contributed by atoms with Gasteiger partial charge in [0.05, 0.1) is 0 Å². The minimum absolute atomic E-state index is 0. The van der Waals surface area contributed by atoms with E-state index in [1.165, 1.54) is 0 Å². The molecule has 0 saturated heterocycles. The van der Waals surface area contributed by atoms with Gasteiger partial charge in [-0.3, -0.25) is 0 Å². The van der Waals surface area contributed by atoms with Crippen LogP contribution in [0.2, 0.25) is 0 Å². The zero-order valence-corrected chi connectivity index (χ0v) is 4.91. The largest absolute Gasteiger partial charge is 1.00 e. The van der Waals surface area contributed by atoms with Gasteiger partial charge < -0.3 is 6.74 Å². The van der Waals surface area contributed by atoms with Crippen molar-refractivity contribution in [3.63, 3.8) is 0 Å². The van der Waals surface area contributed by atoms with Crippen molar-refractivity contribution in [2.45, 2.75) is 13.8 Å². The van der Waals surface area contributed by atoms with Gasteiger partial charge in [-0.25, -0.2) is 0 Å². The molecule has 6 heavy (non-hydrogen) atoms. The van der Waals surface area contributed by atoms with E-state index < -0.39 is 0 Å². The normalized spacial score (nSPS) is 7.00. The molecule has 0 aliphatic heterocycles. The van der Waals surface area contributed by atoms with E-state index >= 15 is 0 Å². The summed E-state index contributed by atoms with van der Waals surface area (Å²) in [4.78, 5) is 0. The molecule has 0 aromatic carbocycles. The number of hydrogen-bond acceptors (Lipinski definition) is 1. The van der Waals surface area contributed by atoms with Crippen LogP contribution in [0, 0.1) is 0 Å². The van der Waals surface area contributed by atoms with Crippen molar-refractivity contribution >= 4 is 0 Å². The minimum Gasteiger partial charge on any atom is -1.00 e. The third-order valence-corrected chi connectivity index (χ3v) is 0.500. The third-order valence-electron chi connectivity index (χ3n) is 0.500. The summed E-state index contributed by atoms with van der Waals surface area (Å²) in [6.07, 6.45) is 0. The van der Waals surface area contributed by atoms with Gasteiger partial charge in [-0.05, 0) is 13.1 Å². The fraction of sp³-hybridized carbons (Fsp3) is 1.00. The summed E-state index contributed by atoms with van der Waals surface area (Å²) in [5.74, 6) is 0. The molecule has 0 rings (SSSR count). The Morgan fingerprint density at radius 2 is 1.67 bits per heavy atom. The topological polar surface area (TPSA) is 12.0 Å². The fourth-order valence-electron chi connectivity index (χ4n) is 0.250. The smallest absolute Gasteiger partial charge is 1.00 e. The van der Waals surface area contributed by atoms with Crippen LogP contribution in [0.4, 0.5) is 0 Å². The minimum atomic E-state index is 0. The molecule has 1 N–H and O–H groups in total. The molecule has 0 unspecified atom stereocenters. The van der Waals surface area contributed by atoms with Crippen molar-refractivity contribution in [3.8, 4) is 0 Å². The summed E-state index contributed by atoms with van der Waals surface area (Å²) in [5, 5.41) is 3.11. The van der Waals surface area contributed by atoms with Crippen molar-refractivity contribution in [2.24, 2.45) is 0 Å². The third kappa shape index (κ3) is 8.82. The summed E-state index contributed by atoms with van der Waals surface area (Å²) < 4.78 is 0. The van der Waals surface area contributed by atoms with Crippen LogP contribution in [-0.2, 0) is 0 Å². The first-order chi connectivity index (χ1) is 2.41. The molecule has 0 aromatic heterocycles. The van der Waals surface area contributed by atoms with Gasteiger partial charge in [-0.2, -0.15) is 0 Å². The Labute approximate surface area is 53.2 Å². The number of hydrogen-bond donors (Lipinski definition) is 1. The van der Waals surface area contributed by atoms with Crippen LogP contribution in [-0.4, -0.2) is 13.1 Å². The molecular weight excluding hydrogens is 69.0 g/mol. The first-order valence-corrected chi connectivity index (χ1v) is 2.12. The molecule has 0 spiro atoms. The van der Waals surface area contributed by atoms with Crippen molar-refractivity contribution in [1.82, 2.24) is 5.32 Å². The Balaban J connectivity index is -0.0000000800. The molecule has 0 saturated carbocycles. The van der Waals surface area contributed by atoms with Crippen molar-refractivity contribution < 1.29 is 20.3 Å². The quantitative estimate of drug-likeness (QED) is 0.370. The molecule has 0 bridgehead atoms. The standard InChI is InChI=1S/C4H11N.Li.H/c1-3-5-4-2;;/h5H,3-4H2,1-2H3;;/q;+1;-1. The van der Waals surface area contributed by atoms with Crippen molar-refractivity contribution in [1.29, 1.82) is 0 Å². The SMILES string of the molecule is CCNCC.[H-].[Li+]. The van der Waals surface area contributed by atoms with Gasteiger partial charge in [0.15, 0.2) is 0 Å². The zero-order valence-electron chi connectivity index (χ0n) is 5.91. The molecule has 0 fully saturated rings.